The van der Waals surface area contributed by atoms with E-state index < -0.39 is 34.4 Å². The van der Waals surface area contributed by atoms with E-state index in [-0.39, 0.29) is 25.0 Å². The minimum atomic E-state index is -1.45. The van der Waals surface area contributed by atoms with E-state index in [2.05, 4.69) is 0 Å². The maximum atomic E-state index is 13.3. The molecule has 3 atom stereocenters. The molecule has 1 aromatic rings. The topological polar surface area (TPSA) is 93.2 Å². The van der Waals surface area contributed by atoms with Crippen LogP contribution in [0.2, 0.25) is 0 Å². The Morgan fingerprint density at radius 1 is 1.34 bits per heavy atom. The second-order valence-corrected chi connectivity index (χ2v) is 10.9. The van der Waals surface area contributed by atoms with Crippen molar-refractivity contribution in [1.82, 2.24) is 4.90 Å². The Labute approximate surface area is 199 Å². The van der Waals surface area contributed by atoms with Crippen molar-refractivity contribution in [3.63, 3.8) is 0 Å². The van der Waals surface area contributed by atoms with Crippen LogP contribution in [0.3, 0.4) is 0 Å². The molecule has 174 valence electrons. The lowest BCUT2D eigenvalue weighted by atomic mass is 9.85. The van der Waals surface area contributed by atoms with Crippen LogP contribution in [-0.4, -0.2) is 58.8 Å². The summed E-state index contributed by atoms with van der Waals surface area (Å²) in [6.07, 6.45) is 0. The van der Waals surface area contributed by atoms with Gasteiger partial charge in [0.05, 0.1) is 5.00 Å². The maximum Gasteiger partial charge on any atom is 0.323 e. The first-order valence-electron chi connectivity index (χ1n) is 9.89. The molecule has 0 aromatic carbocycles. The number of halogens is 1. The zero-order valence-electron chi connectivity index (χ0n) is 18.4. The van der Waals surface area contributed by atoms with Crippen molar-refractivity contribution in [2.24, 2.45) is 5.41 Å². The van der Waals surface area contributed by atoms with E-state index in [0.29, 0.717) is 9.91 Å². The fourth-order valence-electron chi connectivity index (χ4n) is 3.62. The van der Waals surface area contributed by atoms with E-state index in [1.807, 2.05) is 11.4 Å². The first-order chi connectivity index (χ1) is 14.9. The lowest BCUT2D eigenvalue weighted by Gasteiger charge is -2.56. The summed E-state index contributed by atoms with van der Waals surface area (Å²) in [5, 5.41) is 2.06. The molecule has 2 aliphatic heterocycles. The number of fused-ring (bicyclic) bond motifs is 1. The SMILES string of the molecule is CC(=O)OCC1(C(=O)OC(C)(C)C)CN2C(=O)C(N(C(C)=O)c3cccs3)[C@H]2SC1=CCl. The smallest absolute Gasteiger partial charge is 0.323 e. The maximum absolute atomic E-state index is 13.3. The van der Waals surface area contributed by atoms with E-state index in [0.717, 1.165) is 0 Å². The van der Waals surface area contributed by atoms with Crippen molar-refractivity contribution < 1.29 is 28.7 Å². The highest BCUT2D eigenvalue weighted by Gasteiger charge is 2.62. The normalized spacial score (nSPS) is 26.2. The standard InChI is InChI=1S/C21H25ClN2O6S2/c1-12(25)24(15-7-6-8-31-15)16-17(27)23-10-21(11-29-13(2)26,14(9-22)32-18(16)23)19(28)30-20(3,4)5/h6-9,16,18H,10-11H2,1-5H3/t16?,18-,21?/m1/s1. The van der Waals surface area contributed by atoms with Crippen LogP contribution in [-0.2, 0) is 28.7 Å². The molecule has 0 radical (unpaired) electrons. The third-order valence-corrected chi connectivity index (χ3v) is 7.78. The monoisotopic (exact) mass is 500 g/mol. The van der Waals surface area contributed by atoms with Gasteiger partial charge in [-0.05, 0) is 38.3 Å². The summed E-state index contributed by atoms with van der Waals surface area (Å²) in [7, 11) is 0. The molecule has 2 amide bonds. The largest absolute Gasteiger partial charge is 0.464 e. The lowest BCUT2D eigenvalue weighted by Crippen LogP contribution is -2.74. The third-order valence-electron chi connectivity index (χ3n) is 5.04. The Hall–Kier alpha value is -2.04. The summed E-state index contributed by atoms with van der Waals surface area (Å²) in [6, 6.07) is 2.86. The Kier molecular flexibility index (Phi) is 6.97. The molecule has 3 heterocycles. The summed E-state index contributed by atoms with van der Waals surface area (Å²) in [5.74, 6) is -1.76. The predicted octanol–water partition coefficient (Wildman–Crippen LogP) is 3.36. The number of anilines is 1. The van der Waals surface area contributed by atoms with E-state index in [1.165, 1.54) is 52.3 Å². The second-order valence-electron chi connectivity index (χ2n) is 8.60. The highest BCUT2D eigenvalue weighted by molar-refractivity contribution is 8.04. The molecule has 2 unspecified atom stereocenters. The van der Waals surface area contributed by atoms with Gasteiger partial charge in [-0.25, -0.2) is 0 Å². The van der Waals surface area contributed by atoms with Gasteiger partial charge in [0.2, 0.25) is 11.8 Å². The number of ether oxygens (including phenoxy) is 2. The van der Waals surface area contributed by atoms with Crippen LogP contribution in [0.5, 0.6) is 0 Å². The molecule has 11 heteroatoms. The summed E-state index contributed by atoms with van der Waals surface area (Å²) < 4.78 is 10.8. The fraction of sp³-hybridized carbons (Fsp3) is 0.524. The molecule has 32 heavy (non-hydrogen) atoms. The molecular formula is C21H25ClN2O6S2. The van der Waals surface area contributed by atoms with Gasteiger partial charge >= 0.3 is 11.9 Å². The number of hydrogen-bond acceptors (Lipinski definition) is 8. The summed E-state index contributed by atoms with van der Waals surface area (Å²) in [4.78, 5) is 53.8. The highest BCUT2D eigenvalue weighted by Crippen LogP contribution is 2.52. The molecule has 2 saturated heterocycles. The number of amides is 2. The van der Waals surface area contributed by atoms with Crippen LogP contribution in [0.25, 0.3) is 0 Å². The van der Waals surface area contributed by atoms with Gasteiger partial charge in [-0.2, -0.15) is 0 Å². The van der Waals surface area contributed by atoms with Crippen LogP contribution in [0.4, 0.5) is 5.00 Å². The number of rotatable bonds is 5. The summed E-state index contributed by atoms with van der Waals surface area (Å²) in [5.41, 5.74) is -0.990. The number of carbonyl (C=O) groups is 4. The molecule has 0 bridgehead atoms. The number of thioether (sulfide) groups is 1. The molecule has 2 fully saturated rings. The van der Waals surface area contributed by atoms with Crippen molar-refractivity contribution >= 4 is 63.5 Å². The molecular weight excluding hydrogens is 476 g/mol. The Balaban J connectivity index is 1.95. The Morgan fingerprint density at radius 3 is 2.53 bits per heavy atom. The van der Waals surface area contributed by atoms with Crippen LogP contribution < -0.4 is 4.90 Å². The van der Waals surface area contributed by atoms with Gasteiger partial charge in [-0.1, -0.05) is 11.6 Å². The van der Waals surface area contributed by atoms with Crippen LogP contribution in [0.1, 0.15) is 34.6 Å². The Bertz CT molecular complexity index is 958. The van der Waals surface area contributed by atoms with Gasteiger partial charge in [0.25, 0.3) is 0 Å². The average Bonchev–Trinajstić information content (AvgIpc) is 3.22. The predicted molar refractivity (Wildman–Crippen MR) is 123 cm³/mol. The molecule has 0 N–H and O–H groups in total. The van der Waals surface area contributed by atoms with Gasteiger partial charge in [0.15, 0.2) is 5.41 Å². The van der Waals surface area contributed by atoms with E-state index in [1.54, 1.807) is 26.8 Å². The van der Waals surface area contributed by atoms with E-state index in [4.69, 9.17) is 21.1 Å². The number of esters is 2. The fourth-order valence-corrected chi connectivity index (χ4v) is 6.21. The zero-order chi connectivity index (χ0) is 23.8. The first kappa shape index (κ1) is 24.6. The van der Waals surface area contributed by atoms with Gasteiger partial charge in [0.1, 0.15) is 23.6 Å². The molecule has 8 nitrogen and oxygen atoms in total. The van der Waals surface area contributed by atoms with Crippen molar-refractivity contribution in [1.29, 1.82) is 0 Å². The summed E-state index contributed by atoms with van der Waals surface area (Å²) >= 11 is 8.71. The van der Waals surface area contributed by atoms with Crippen molar-refractivity contribution in [3.8, 4) is 0 Å². The first-order valence-corrected chi connectivity index (χ1v) is 12.1. The number of hydrogen-bond donors (Lipinski definition) is 0. The molecule has 3 rings (SSSR count). The second kappa shape index (κ2) is 9.07. The third kappa shape index (κ3) is 4.53. The van der Waals surface area contributed by atoms with E-state index >= 15 is 0 Å². The van der Waals surface area contributed by atoms with Crippen molar-refractivity contribution in [3.05, 3.63) is 28.0 Å². The lowest BCUT2D eigenvalue weighted by molar-refractivity contribution is -0.174. The minimum Gasteiger partial charge on any atom is -0.464 e. The van der Waals surface area contributed by atoms with Gasteiger partial charge in [0, 0.05) is 30.8 Å². The van der Waals surface area contributed by atoms with Crippen LogP contribution in [0, 0.1) is 5.41 Å². The van der Waals surface area contributed by atoms with Crippen molar-refractivity contribution in [2.45, 2.75) is 51.6 Å². The molecule has 1 aromatic heterocycles. The number of thiophene rings is 1. The quantitative estimate of drug-likeness (QED) is 0.452. The number of β-lactam (4-membered cyclic amide) rings is 1. The zero-order valence-corrected chi connectivity index (χ0v) is 20.8. The Morgan fingerprint density at radius 2 is 2.03 bits per heavy atom. The highest BCUT2D eigenvalue weighted by atomic mass is 35.5. The van der Waals surface area contributed by atoms with Gasteiger partial charge in [-0.15, -0.1) is 23.1 Å². The molecule has 0 aliphatic carbocycles. The molecule has 0 saturated carbocycles. The van der Waals surface area contributed by atoms with Crippen molar-refractivity contribution in [2.75, 3.05) is 18.1 Å². The number of carbonyl (C=O) groups excluding carboxylic acids is 4. The number of nitrogens with zero attached hydrogens (tertiary/aromatic N) is 2. The molecule has 2 aliphatic rings. The van der Waals surface area contributed by atoms with E-state index in [9.17, 15) is 19.2 Å². The molecule has 0 spiro atoms. The van der Waals surface area contributed by atoms with Gasteiger partial charge in [-0.3, -0.25) is 24.1 Å². The summed E-state index contributed by atoms with van der Waals surface area (Å²) in [6.45, 7) is 7.44. The van der Waals surface area contributed by atoms with Crippen LogP contribution in [0.15, 0.2) is 28.0 Å². The average molecular weight is 501 g/mol. The van der Waals surface area contributed by atoms with Gasteiger partial charge < -0.3 is 14.4 Å². The van der Waals surface area contributed by atoms with Crippen LogP contribution >= 0.6 is 34.7 Å². The minimum absolute atomic E-state index is 0.0725.